The van der Waals surface area contributed by atoms with E-state index in [1.54, 1.807) is 32.4 Å². The van der Waals surface area contributed by atoms with Gasteiger partial charge in [-0.3, -0.25) is 4.79 Å². The van der Waals surface area contributed by atoms with Gasteiger partial charge in [0, 0.05) is 23.5 Å². The zero-order valence-corrected chi connectivity index (χ0v) is 16.3. The molecule has 5 heteroatoms. The molecule has 144 valence electrons. The summed E-state index contributed by atoms with van der Waals surface area (Å²) >= 11 is 0. The highest BCUT2D eigenvalue weighted by Gasteiger charge is 2.11. The molecule has 3 aromatic rings. The molecule has 0 unspecified atom stereocenters. The van der Waals surface area contributed by atoms with Gasteiger partial charge in [-0.1, -0.05) is 24.3 Å². The van der Waals surface area contributed by atoms with Crippen molar-refractivity contribution in [2.75, 3.05) is 24.9 Å². The Morgan fingerprint density at radius 3 is 2.21 bits per heavy atom. The van der Waals surface area contributed by atoms with Crippen LogP contribution in [0.5, 0.6) is 11.5 Å². The molecule has 3 rings (SSSR count). The van der Waals surface area contributed by atoms with E-state index in [-0.39, 0.29) is 5.91 Å². The number of ether oxygens (including phenoxy) is 2. The summed E-state index contributed by atoms with van der Waals surface area (Å²) in [7, 11) is 3.11. The second kappa shape index (κ2) is 8.95. The van der Waals surface area contributed by atoms with Crippen LogP contribution in [0, 0.1) is 6.92 Å². The second-order valence-electron chi connectivity index (χ2n) is 6.38. The van der Waals surface area contributed by atoms with Gasteiger partial charge in [0.2, 0.25) is 0 Å². The summed E-state index contributed by atoms with van der Waals surface area (Å²) in [6, 6.07) is 21.0. The lowest BCUT2D eigenvalue weighted by Crippen LogP contribution is -2.12. The first kappa shape index (κ1) is 19.3. The Bertz CT molecular complexity index is 952. The van der Waals surface area contributed by atoms with Crippen molar-refractivity contribution in [2.24, 2.45) is 0 Å². The standard InChI is InChI=1S/C23H24N2O3/c1-16-6-4-5-7-18(16)15-24-19-9-11-20(12-10-19)25-23(26)17-8-13-21(27-2)22(14-17)28-3/h4-14,24H,15H2,1-3H3,(H,25,26). The van der Waals surface area contributed by atoms with E-state index in [0.717, 1.165) is 17.9 Å². The molecule has 1 amide bonds. The molecular weight excluding hydrogens is 352 g/mol. The number of hydrogen-bond donors (Lipinski definition) is 2. The quantitative estimate of drug-likeness (QED) is 0.617. The maximum atomic E-state index is 12.5. The van der Waals surface area contributed by atoms with Crippen molar-refractivity contribution >= 4 is 17.3 Å². The van der Waals surface area contributed by atoms with Gasteiger partial charge in [0.25, 0.3) is 5.91 Å². The van der Waals surface area contributed by atoms with Gasteiger partial charge in [0.15, 0.2) is 11.5 Å². The highest BCUT2D eigenvalue weighted by Crippen LogP contribution is 2.28. The number of carbonyl (C=O) groups is 1. The van der Waals surface area contributed by atoms with E-state index >= 15 is 0 Å². The molecule has 0 bridgehead atoms. The van der Waals surface area contributed by atoms with Crippen LogP contribution in [0.15, 0.2) is 66.7 Å². The van der Waals surface area contributed by atoms with E-state index < -0.39 is 0 Å². The normalized spacial score (nSPS) is 10.2. The molecule has 0 fully saturated rings. The maximum Gasteiger partial charge on any atom is 0.255 e. The summed E-state index contributed by atoms with van der Waals surface area (Å²) in [5, 5.41) is 6.29. The highest BCUT2D eigenvalue weighted by atomic mass is 16.5. The fourth-order valence-electron chi connectivity index (χ4n) is 2.86. The molecule has 0 atom stereocenters. The Hall–Kier alpha value is -3.47. The molecule has 0 saturated heterocycles. The van der Waals surface area contributed by atoms with E-state index in [1.807, 2.05) is 36.4 Å². The van der Waals surface area contributed by atoms with Crippen LogP contribution in [-0.4, -0.2) is 20.1 Å². The van der Waals surface area contributed by atoms with Gasteiger partial charge in [-0.05, 0) is 60.5 Å². The number of anilines is 2. The molecule has 0 saturated carbocycles. The molecule has 0 aromatic heterocycles. The van der Waals surface area contributed by atoms with Crippen LogP contribution in [0.3, 0.4) is 0 Å². The molecule has 28 heavy (non-hydrogen) atoms. The van der Waals surface area contributed by atoms with Crippen molar-refractivity contribution < 1.29 is 14.3 Å². The minimum atomic E-state index is -0.207. The number of amides is 1. The van der Waals surface area contributed by atoms with Crippen LogP contribution in [0.25, 0.3) is 0 Å². The van der Waals surface area contributed by atoms with Crippen LogP contribution in [0.1, 0.15) is 21.5 Å². The largest absolute Gasteiger partial charge is 0.493 e. The number of benzene rings is 3. The average molecular weight is 376 g/mol. The summed E-state index contributed by atoms with van der Waals surface area (Å²) in [5.41, 5.74) is 4.73. The van der Waals surface area contributed by atoms with Crippen molar-refractivity contribution in [1.29, 1.82) is 0 Å². The second-order valence-corrected chi connectivity index (χ2v) is 6.38. The van der Waals surface area contributed by atoms with Crippen molar-refractivity contribution in [2.45, 2.75) is 13.5 Å². The third-order valence-electron chi connectivity index (χ3n) is 4.53. The Morgan fingerprint density at radius 2 is 1.54 bits per heavy atom. The van der Waals surface area contributed by atoms with Gasteiger partial charge in [-0.15, -0.1) is 0 Å². The van der Waals surface area contributed by atoms with E-state index in [0.29, 0.717) is 17.1 Å². The maximum absolute atomic E-state index is 12.5. The molecule has 0 heterocycles. The lowest BCUT2D eigenvalue weighted by Gasteiger charge is -2.11. The van der Waals surface area contributed by atoms with E-state index in [2.05, 4.69) is 29.7 Å². The number of nitrogens with one attached hydrogen (secondary N) is 2. The predicted octanol–water partition coefficient (Wildman–Crippen LogP) is 4.88. The third-order valence-corrected chi connectivity index (χ3v) is 4.53. The van der Waals surface area contributed by atoms with Crippen molar-refractivity contribution in [3.63, 3.8) is 0 Å². The zero-order valence-electron chi connectivity index (χ0n) is 16.3. The van der Waals surface area contributed by atoms with Crippen LogP contribution in [0.4, 0.5) is 11.4 Å². The number of carbonyl (C=O) groups excluding carboxylic acids is 1. The first-order valence-corrected chi connectivity index (χ1v) is 9.02. The molecule has 3 aromatic carbocycles. The van der Waals surface area contributed by atoms with E-state index in [9.17, 15) is 4.79 Å². The third kappa shape index (κ3) is 4.62. The van der Waals surface area contributed by atoms with Gasteiger partial charge in [-0.25, -0.2) is 0 Å². The van der Waals surface area contributed by atoms with Crippen LogP contribution < -0.4 is 20.1 Å². The predicted molar refractivity (Wildman–Crippen MR) is 112 cm³/mol. The van der Waals surface area contributed by atoms with Gasteiger partial charge >= 0.3 is 0 Å². The monoisotopic (exact) mass is 376 g/mol. The Balaban J connectivity index is 1.62. The topological polar surface area (TPSA) is 59.6 Å². The Labute approximate surface area is 165 Å². The molecular formula is C23H24N2O3. The van der Waals surface area contributed by atoms with Crippen molar-refractivity contribution in [3.05, 3.63) is 83.4 Å². The van der Waals surface area contributed by atoms with E-state index in [1.165, 1.54) is 11.1 Å². The minimum absolute atomic E-state index is 0.207. The zero-order chi connectivity index (χ0) is 19.9. The molecule has 0 aliphatic carbocycles. The van der Waals surface area contributed by atoms with Gasteiger partial charge in [0.1, 0.15) is 0 Å². The molecule has 0 aliphatic rings. The van der Waals surface area contributed by atoms with Gasteiger partial charge in [-0.2, -0.15) is 0 Å². The van der Waals surface area contributed by atoms with Gasteiger partial charge in [0.05, 0.1) is 14.2 Å². The van der Waals surface area contributed by atoms with Crippen LogP contribution in [-0.2, 0) is 6.54 Å². The fraction of sp³-hybridized carbons (Fsp3) is 0.174. The van der Waals surface area contributed by atoms with Crippen LogP contribution >= 0.6 is 0 Å². The first-order chi connectivity index (χ1) is 13.6. The number of methoxy groups -OCH3 is 2. The number of hydrogen-bond acceptors (Lipinski definition) is 4. The Morgan fingerprint density at radius 1 is 0.857 bits per heavy atom. The van der Waals surface area contributed by atoms with Crippen LogP contribution in [0.2, 0.25) is 0 Å². The molecule has 2 N–H and O–H groups in total. The van der Waals surface area contributed by atoms with Gasteiger partial charge < -0.3 is 20.1 Å². The summed E-state index contributed by atoms with van der Waals surface area (Å²) in [6.07, 6.45) is 0. The van der Waals surface area contributed by atoms with E-state index in [4.69, 9.17) is 9.47 Å². The lowest BCUT2D eigenvalue weighted by atomic mass is 10.1. The summed E-state index contributed by atoms with van der Waals surface area (Å²) in [5.74, 6) is 0.899. The fourth-order valence-corrected chi connectivity index (χ4v) is 2.86. The minimum Gasteiger partial charge on any atom is -0.493 e. The Kier molecular flexibility index (Phi) is 6.17. The molecule has 0 radical (unpaired) electrons. The summed E-state index contributed by atoms with van der Waals surface area (Å²) < 4.78 is 10.5. The molecule has 5 nitrogen and oxygen atoms in total. The smallest absolute Gasteiger partial charge is 0.255 e. The average Bonchev–Trinajstić information content (AvgIpc) is 2.73. The highest BCUT2D eigenvalue weighted by molar-refractivity contribution is 6.04. The van der Waals surface area contributed by atoms with Crippen molar-refractivity contribution in [3.8, 4) is 11.5 Å². The summed E-state index contributed by atoms with van der Waals surface area (Å²) in [6.45, 7) is 2.85. The first-order valence-electron chi connectivity index (χ1n) is 9.02. The number of rotatable bonds is 7. The molecule has 0 spiro atoms. The lowest BCUT2D eigenvalue weighted by molar-refractivity contribution is 0.102. The number of aryl methyl sites for hydroxylation is 1. The SMILES string of the molecule is COc1ccc(C(=O)Nc2ccc(NCc3ccccc3C)cc2)cc1OC. The summed E-state index contributed by atoms with van der Waals surface area (Å²) in [4.78, 5) is 12.5. The van der Waals surface area contributed by atoms with Crippen molar-refractivity contribution in [1.82, 2.24) is 0 Å². The molecule has 0 aliphatic heterocycles.